The number of carbonyl (C=O) groups is 1. The van der Waals surface area contributed by atoms with Gasteiger partial charge in [-0.2, -0.15) is 13.2 Å². The summed E-state index contributed by atoms with van der Waals surface area (Å²) in [5, 5.41) is 3.49. The predicted molar refractivity (Wildman–Crippen MR) is 102 cm³/mol. The van der Waals surface area contributed by atoms with Gasteiger partial charge in [-0.3, -0.25) is 4.79 Å². The Balaban J connectivity index is 1.60. The van der Waals surface area contributed by atoms with Crippen LogP contribution in [0.5, 0.6) is 5.75 Å². The number of hydrogen-bond donors (Lipinski definition) is 1. The monoisotopic (exact) mass is 412 g/mol. The maximum atomic E-state index is 12.8. The lowest BCUT2D eigenvalue weighted by Gasteiger charge is -2.21. The molecule has 2 aromatic rings. The highest BCUT2D eigenvalue weighted by atomic mass is 35.5. The van der Waals surface area contributed by atoms with Gasteiger partial charge in [0.1, 0.15) is 5.75 Å². The van der Waals surface area contributed by atoms with E-state index in [0.717, 1.165) is 24.2 Å². The topological polar surface area (TPSA) is 41.6 Å². The molecule has 3 rings (SSSR count). The summed E-state index contributed by atoms with van der Waals surface area (Å²) >= 11 is 6.08. The number of nitrogens with zero attached hydrogens (tertiary/aromatic N) is 1. The van der Waals surface area contributed by atoms with E-state index in [0.29, 0.717) is 29.4 Å². The van der Waals surface area contributed by atoms with E-state index in [2.05, 4.69) is 10.2 Å². The van der Waals surface area contributed by atoms with Gasteiger partial charge < -0.3 is 15.0 Å². The summed E-state index contributed by atoms with van der Waals surface area (Å²) in [4.78, 5) is 14.4. The quantitative estimate of drug-likeness (QED) is 0.796. The van der Waals surface area contributed by atoms with Crippen LogP contribution in [0.1, 0.15) is 17.5 Å². The SMILES string of the molecule is COc1ccc(Cl)cc1N1CCC(NC(=O)Cc2cccc(C(F)(F)F)c2)C1. The lowest BCUT2D eigenvalue weighted by Crippen LogP contribution is -2.38. The van der Waals surface area contributed by atoms with Crippen LogP contribution in [0.4, 0.5) is 18.9 Å². The van der Waals surface area contributed by atoms with Crippen LogP contribution in [0.25, 0.3) is 0 Å². The average Bonchev–Trinajstić information content (AvgIpc) is 3.09. The molecule has 0 bridgehead atoms. The normalized spacial score (nSPS) is 16.9. The van der Waals surface area contributed by atoms with Crippen molar-refractivity contribution in [2.24, 2.45) is 0 Å². The average molecular weight is 413 g/mol. The number of benzene rings is 2. The van der Waals surface area contributed by atoms with Gasteiger partial charge in [-0.1, -0.05) is 29.8 Å². The van der Waals surface area contributed by atoms with Crippen molar-refractivity contribution < 1.29 is 22.7 Å². The molecule has 1 atom stereocenters. The molecule has 0 aromatic heterocycles. The molecule has 0 spiro atoms. The van der Waals surface area contributed by atoms with Gasteiger partial charge in [0.25, 0.3) is 0 Å². The molecule has 1 aliphatic rings. The zero-order valence-corrected chi connectivity index (χ0v) is 16.0. The fraction of sp³-hybridized carbons (Fsp3) is 0.350. The molecule has 150 valence electrons. The Morgan fingerprint density at radius 3 is 2.79 bits per heavy atom. The summed E-state index contributed by atoms with van der Waals surface area (Å²) < 4.78 is 43.8. The number of nitrogens with one attached hydrogen (secondary N) is 1. The fourth-order valence-corrected chi connectivity index (χ4v) is 3.50. The van der Waals surface area contributed by atoms with E-state index in [1.165, 1.54) is 12.1 Å². The number of ether oxygens (including phenoxy) is 1. The van der Waals surface area contributed by atoms with E-state index in [1.54, 1.807) is 19.2 Å². The van der Waals surface area contributed by atoms with Crippen molar-refractivity contribution in [1.29, 1.82) is 0 Å². The lowest BCUT2D eigenvalue weighted by atomic mass is 10.1. The van der Waals surface area contributed by atoms with Crippen molar-refractivity contribution >= 4 is 23.2 Å². The van der Waals surface area contributed by atoms with Crippen LogP contribution in [0.15, 0.2) is 42.5 Å². The van der Waals surface area contributed by atoms with Gasteiger partial charge >= 0.3 is 6.18 Å². The van der Waals surface area contributed by atoms with E-state index >= 15 is 0 Å². The second-order valence-corrected chi connectivity index (χ2v) is 7.13. The third kappa shape index (κ3) is 4.90. The van der Waals surface area contributed by atoms with Crippen LogP contribution < -0.4 is 15.0 Å². The van der Waals surface area contributed by atoms with Gasteiger partial charge in [-0.15, -0.1) is 0 Å². The molecule has 0 aliphatic carbocycles. The first kappa shape index (κ1) is 20.3. The van der Waals surface area contributed by atoms with Crippen molar-refractivity contribution in [3.8, 4) is 5.75 Å². The van der Waals surface area contributed by atoms with Crippen LogP contribution in [-0.4, -0.2) is 32.1 Å². The smallest absolute Gasteiger partial charge is 0.416 e. The molecule has 1 saturated heterocycles. The Hall–Kier alpha value is -2.41. The van der Waals surface area contributed by atoms with Crippen LogP contribution >= 0.6 is 11.6 Å². The zero-order chi connectivity index (χ0) is 20.3. The number of carbonyl (C=O) groups excluding carboxylic acids is 1. The van der Waals surface area contributed by atoms with Gasteiger partial charge in [0.05, 0.1) is 24.8 Å². The molecule has 8 heteroatoms. The molecular formula is C20H20ClF3N2O2. The van der Waals surface area contributed by atoms with E-state index < -0.39 is 11.7 Å². The highest BCUT2D eigenvalue weighted by Crippen LogP contribution is 2.33. The summed E-state index contributed by atoms with van der Waals surface area (Å²) in [6, 6.07) is 10.1. The number of rotatable bonds is 5. The Morgan fingerprint density at radius 1 is 1.29 bits per heavy atom. The van der Waals surface area contributed by atoms with Gasteiger partial charge in [0.15, 0.2) is 0 Å². The molecule has 1 N–H and O–H groups in total. The minimum Gasteiger partial charge on any atom is -0.495 e. The van der Waals surface area contributed by atoms with Crippen LogP contribution in [0.3, 0.4) is 0 Å². The third-order valence-electron chi connectivity index (χ3n) is 4.65. The Bertz CT molecular complexity index is 858. The first-order valence-corrected chi connectivity index (χ1v) is 9.18. The zero-order valence-electron chi connectivity index (χ0n) is 15.2. The van der Waals surface area contributed by atoms with Gasteiger partial charge in [-0.25, -0.2) is 0 Å². The first-order chi connectivity index (χ1) is 13.3. The van der Waals surface area contributed by atoms with Crippen molar-refractivity contribution in [3.05, 3.63) is 58.6 Å². The van der Waals surface area contributed by atoms with Crippen LogP contribution in [-0.2, 0) is 17.4 Å². The molecule has 0 radical (unpaired) electrons. The Kier molecular flexibility index (Phi) is 6.03. The number of amides is 1. The van der Waals surface area contributed by atoms with Crippen molar-refractivity contribution in [2.45, 2.75) is 25.1 Å². The van der Waals surface area contributed by atoms with Crippen LogP contribution in [0, 0.1) is 0 Å². The molecule has 4 nitrogen and oxygen atoms in total. The standard InChI is InChI=1S/C20H20ClF3N2O2/c1-28-18-6-5-15(21)11-17(18)26-8-7-16(12-26)25-19(27)10-13-3-2-4-14(9-13)20(22,23)24/h2-6,9,11,16H,7-8,10,12H2,1H3,(H,25,27). The number of halogens is 4. The van der Waals surface area contributed by atoms with Crippen molar-refractivity contribution in [1.82, 2.24) is 5.32 Å². The first-order valence-electron chi connectivity index (χ1n) is 8.80. The molecule has 1 aliphatic heterocycles. The van der Waals surface area contributed by atoms with E-state index in [9.17, 15) is 18.0 Å². The van der Waals surface area contributed by atoms with E-state index in [4.69, 9.17) is 16.3 Å². The van der Waals surface area contributed by atoms with Gasteiger partial charge in [0, 0.05) is 24.2 Å². The minimum absolute atomic E-state index is 0.0954. The molecule has 1 fully saturated rings. The van der Waals surface area contributed by atoms with Gasteiger partial charge in [-0.05, 0) is 36.2 Å². The summed E-state index contributed by atoms with van der Waals surface area (Å²) in [6.07, 6.45) is -3.79. The minimum atomic E-state index is -4.42. The number of alkyl halides is 3. The second-order valence-electron chi connectivity index (χ2n) is 6.69. The summed E-state index contributed by atoms with van der Waals surface area (Å²) in [6.45, 7) is 1.29. The van der Waals surface area contributed by atoms with Crippen molar-refractivity contribution in [3.63, 3.8) is 0 Å². The second kappa shape index (κ2) is 8.31. The number of methoxy groups -OCH3 is 1. The third-order valence-corrected chi connectivity index (χ3v) is 4.89. The van der Waals surface area contributed by atoms with E-state index in [-0.39, 0.29) is 18.4 Å². The summed E-state index contributed by atoms with van der Waals surface area (Å²) in [7, 11) is 1.58. The lowest BCUT2D eigenvalue weighted by molar-refractivity contribution is -0.137. The maximum Gasteiger partial charge on any atom is 0.416 e. The molecule has 1 amide bonds. The maximum absolute atomic E-state index is 12.8. The molecule has 1 heterocycles. The molecule has 0 saturated carbocycles. The largest absolute Gasteiger partial charge is 0.495 e. The highest BCUT2D eigenvalue weighted by Gasteiger charge is 2.31. The van der Waals surface area contributed by atoms with E-state index in [1.807, 2.05) is 6.07 Å². The highest BCUT2D eigenvalue weighted by molar-refractivity contribution is 6.30. The predicted octanol–water partition coefficient (Wildman–Crippen LogP) is 4.31. The molecule has 2 aromatic carbocycles. The molecule has 1 unspecified atom stereocenters. The fourth-order valence-electron chi connectivity index (χ4n) is 3.33. The molecule has 28 heavy (non-hydrogen) atoms. The number of hydrogen-bond acceptors (Lipinski definition) is 3. The van der Waals surface area contributed by atoms with Crippen LogP contribution in [0.2, 0.25) is 5.02 Å². The molecular weight excluding hydrogens is 393 g/mol. The summed E-state index contributed by atoms with van der Waals surface area (Å²) in [5.74, 6) is 0.393. The van der Waals surface area contributed by atoms with Gasteiger partial charge in [0.2, 0.25) is 5.91 Å². The Labute approximate surface area is 166 Å². The summed E-state index contributed by atoms with van der Waals surface area (Å²) in [5.41, 5.74) is 0.432. The number of anilines is 1. The Morgan fingerprint density at radius 2 is 2.07 bits per heavy atom. The van der Waals surface area contributed by atoms with Crippen molar-refractivity contribution in [2.75, 3.05) is 25.1 Å².